The number of likely N-dealkylation sites (N-methyl/N-ethyl adjacent to an activating group) is 1. The van der Waals surface area contributed by atoms with Crippen molar-refractivity contribution in [2.45, 2.75) is 31.3 Å². The van der Waals surface area contributed by atoms with Crippen molar-refractivity contribution in [3.8, 4) is 11.1 Å². The van der Waals surface area contributed by atoms with Gasteiger partial charge in [-0.05, 0) is 29.2 Å². The molecular weight excluding hydrogens is 514 g/mol. The van der Waals surface area contributed by atoms with Crippen molar-refractivity contribution >= 4 is 35.4 Å². The van der Waals surface area contributed by atoms with Crippen LogP contribution in [0.15, 0.2) is 48.5 Å². The van der Waals surface area contributed by atoms with Gasteiger partial charge in [-0.2, -0.15) is 0 Å². The van der Waals surface area contributed by atoms with Crippen LogP contribution in [0, 0.1) is 0 Å². The van der Waals surface area contributed by atoms with Gasteiger partial charge in [0.1, 0.15) is 6.61 Å². The summed E-state index contributed by atoms with van der Waals surface area (Å²) in [5.74, 6) is -7.51. The van der Waals surface area contributed by atoms with Crippen LogP contribution in [-0.2, 0) is 42.9 Å². The monoisotopic (exact) mass is 539 g/mol. The third-order valence-corrected chi connectivity index (χ3v) is 6.40. The summed E-state index contributed by atoms with van der Waals surface area (Å²) in [6, 6.07) is 14.2. The van der Waals surface area contributed by atoms with Gasteiger partial charge in [0.15, 0.2) is 6.04 Å². The number of hydrogen-bond acceptors (Lipinski definition) is 10. The zero-order chi connectivity index (χ0) is 28.3. The van der Waals surface area contributed by atoms with Crippen LogP contribution >= 0.6 is 0 Å². The summed E-state index contributed by atoms with van der Waals surface area (Å²) in [6.45, 7) is 0.670. The molecule has 204 valence electrons. The molecule has 39 heavy (non-hydrogen) atoms. The highest BCUT2D eigenvalue weighted by atomic mass is 16.7. The van der Waals surface area contributed by atoms with Crippen LogP contribution < -0.4 is 0 Å². The number of amides is 1. The van der Waals surface area contributed by atoms with Crippen LogP contribution in [0.5, 0.6) is 0 Å². The lowest BCUT2D eigenvalue weighted by molar-refractivity contribution is -0.203. The van der Waals surface area contributed by atoms with Gasteiger partial charge in [0.25, 0.3) is 17.9 Å². The number of benzene rings is 2. The van der Waals surface area contributed by atoms with Crippen molar-refractivity contribution < 1.29 is 52.8 Å². The number of ether oxygens (including phenoxy) is 4. The molecule has 12 nitrogen and oxygen atoms in total. The first-order chi connectivity index (χ1) is 18.6. The van der Waals surface area contributed by atoms with Gasteiger partial charge < -0.3 is 24.1 Å². The van der Waals surface area contributed by atoms with Crippen LogP contribution in [0.2, 0.25) is 0 Å². The van der Waals surface area contributed by atoms with E-state index in [1.54, 1.807) is 0 Å². The highest BCUT2D eigenvalue weighted by Crippen LogP contribution is 2.44. The largest absolute Gasteiger partial charge is 0.480 e. The number of carboxylic acids is 1. The van der Waals surface area contributed by atoms with Crippen LogP contribution in [-0.4, -0.2) is 90.7 Å². The third kappa shape index (κ3) is 5.71. The molecule has 0 saturated carbocycles. The van der Waals surface area contributed by atoms with Gasteiger partial charge in [-0.25, -0.2) is 14.4 Å². The Balaban J connectivity index is 1.30. The number of carbonyl (C=O) groups excluding carboxylic acids is 5. The molecule has 1 saturated heterocycles. The van der Waals surface area contributed by atoms with E-state index >= 15 is 0 Å². The second-order valence-electron chi connectivity index (χ2n) is 9.01. The lowest BCUT2D eigenvalue weighted by Crippen LogP contribution is -2.49. The van der Waals surface area contributed by atoms with Gasteiger partial charge in [0.2, 0.25) is 0 Å². The zero-order valence-corrected chi connectivity index (χ0v) is 21.0. The quantitative estimate of drug-likeness (QED) is 0.342. The van der Waals surface area contributed by atoms with E-state index in [0.29, 0.717) is 0 Å². The first kappa shape index (κ1) is 27.6. The van der Waals surface area contributed by atoms with Crippen molar-refractivity contribution in [1.82, 2.24) is 4.90 Å². The number of fused-ring (bicyclic) bond motifs is 3. The maximum absolute atomic E-state index is 12.8. The Morgan fingerprint density at radius 3 is 2.13 bits per heavy atom. The van der Waals surface area contributed by atoms with E-state index in [4.69, 9.17) is 14.2 Å². The summed E-state index contributed by atoms with van der Waals surface area (Å²) in [7, 11) is 1.27. The number of carboxylic acid groups (broad SMARTS) is 1. The fourth-order valence-electron chi connectivity index (χ4n) is 4.37. The molecule has 0 aromatic heterocycles. The number of aliphatic carboxylic acids is 1. The van der Waals surface area contributed by atoms with E-state index in [-0.39, 0.29) is 19.1 Å². The van der Waals surface area contributed by atoms with Gasteiger partial charge in [-0.15, -0.1) is 0 Å². The number of cyclic esters (lactones) is 1. The minimum absolute atomic E-state index is 0.00459. The van der Waals surface area contributed by atoms with E-state index in [1.807, 2.05) is 48.5 Å². The van der Waals surface area contributed by atoms with Crippen LogP contribution in [0.3, 0.4) is 0 Å². The van der Waals surface area contributed by atoms with E-state index in [9.17, 15) is 33.9 Å². The molecule has 0 radical (unpaired) electrons. The van der Waals surface area contributed by atoms with E-state index in [0.717, 1.165) is 27.2 Å². The Bertz CT molecular complexity index is 1290. The molecule has 4 rings (SSSR count). The number of nitrogens with zero attached hydrogens (tertiary/aromatic N) is 1. The Morgan fingerprint density at radius 1 is 0.949 bits per heavy atom. The minimum Gasteiger partial charge on any atom is -0.480 e. The summed E-state index contributed by atoms with van der Waals surface area (Å²) in [6.07, 6.45) is -3.71. The lowest BCUT2D eigenvalue weighted by atomic mass is 9.98. The highest BCUT2D eigenvalue weighted by Gasteiger charge is 2.44. The predicted octanol–water partition coefficient (Wildman–Crippen LogP) is 1.33. The molecule has 1 amide bonds. The standard InChI is InChI=1S/C27H25NO11/c1-14(38-26-23(31)21(29)22(30)25(34)39-26)11-36-13-20(24(32)33)28(2)27(35)37-12-19-17-9-5-3-7-15(17)16-8-4-6-10-18(16)19/h3-10,14,19-20,26H,11-13H2,1-2H3,(H,32,33). The number of rotatable bonds is 10. The third-order valence-electron chi connectivity index (χ3n) is 6.40. The topological polar surface area (TPSA) is 163 Å². The van der Waals surface area contributed by atoms with Gasteiger partial charge in [-0.3, -0.25) is 19.3 Å². The van der Waals surface area contributed by atoms with Gasteiger partial charge in [0, 0.05) is 13.0 Å². The van der Waals surface area contributed by atoms with Crippen molar-refractivity contribution in [3.05, 3.63) is 59.7 Å². The Hall–Kier alpha value is -4.42. The number of ketones is 3. The fourth-order valence-corrected chi connectivity index (χ4v) is 4.37. The average Bonchev–Trinajstić information content (AvgIpc) is 3.24. The van der Waals surface area contributed by atoms with E-state index < -0.39 is 60.4 Å². The summed E-state index contributed by atoms with van der Waals surface area (Å²) in [5.41, 5.74) is 4.12. The molecule has 1 aliphatic carbocycles. The molecule has 1 heterocycles. The summed E-state index contributed by atoms with van der Waals surface area (Å²) in [4.78, 5) is 71.3. The normalized spacial score (nSPS) is 18.2. The lowest BCUT2D eigenvalue weighted by Gasteiger charge is -2.26. The number of esters is 1. The molecule has 0 spiro atoms. The molecule has 3 atom stereocenters. The maximum atomic E-state index is 12.8. The Labute approximate surface area is 222 Å². The predicted molar refractivity (Wildman–Crippen MR) is 131 cm³/mol. The molecule has 2 aromatic rings. The second kappa shape index (κ2) is 11.5. The van der Waals surface area contributed by atoms with E-state index in [2.05, 4.69) is 4.74 Å². The number of Topliss-reactive ketones (excluding diaryl/α,β-unsaturated/α-hetero) is 3. The second-order valence-corrected chi connectivity index (χ2v) is 9.01. The summed E-state index contributed by atoms with van der Waals surface area (Å²) in [5, 5.41) is 9.64. The molecule has 1 fully saturated rings. The van der Waals surface area contributed by atoms with Crippen LogP contribution in [0.4, 0.5) is 4.79 Å². The maximum Gasteiger partial charge on any atom is 0.410 e. The first-order valence-electron chi connectivity index (χ1n) is 12.0. The molecule has 1 aliphatic heterocycles. The van der Waals surface area contributed by atoms with Crippen molar-refractivity contribution in [2.24, 2.45) is 0 Å². The number of carbonyl (C=O) groups is 6. The zero-order valence-electron chi connectivity index (χ0n) is 21.0. The smallest absolute Gasteiger partial charge is 0.410 e. The number of hydrogen-bond donors (Lipinski definition) is 1. The molecule has 1 N–H and O–H groups in total. The Morgan fingerprint density at radius 2 is 1.54 bits per heavy atom. The molecule has 0 bridgehead atoms. The van der Waals surface area contributed by atoms with Crippen molar-refractivity contribution in [1.29, 1.82) is 0 Å². The molecule has 2 aliphatic rings. The average molecular weight is 539 g/mol. The highest BCUT2D eigenvalue weighted by molar-refractivity contribution is 6.79. The van der Waals surface area contributed by atoms with Gasteiger partial charge in [0.05, 0.1) is 19.3 Å². The summed E-state index contributed by atoms with van der Waals surface area (Å²) >= 11 is 0. The van der Waals surface area contributed by atoms with Crippen LogP contribution in [0.25, 0.3) is 11.1 Å². The first-order valence-corrected chi connectivity index (χ1v) is 12.0. The minimum atomic E-state index is -1.90. The molecule has 3 unspecified atom stereocenters. The molecule has 2 aromatic carbocycles. The Kier molecular flexibility index (Phi) is 8.17. The van der Waals surface area contributed by atoms with Gasteiger partial charge >= 0.3 is 23.8 Å². The van der Waals surface area contributed by atoms with Gasteiger partial charge in [-0.1, -0.05) is 48.5 Å². The SMILES string of the molecule is CC(COCC(C(=O)O)N(C)C(=O)OCC1c2ccccc2-c2ccccc21)OC1OC(=O)C(=O)C(=O)C1=O. The molecule has 12 heteroatoms. The van der Waals surface area contributed by atoms with Crippen LogP contribution in [0.1, 0.15) is 24.0 Å². The van der Waals surface area contributed by atoms with Crippen molar-refractivity contribution in [3.63, 3.8) is 0 Å². The van der Waals surface area contributed by atoms with E-state index in [1.165, 1.54) is 14.0 Å². The fraction of sp³-hybridized carbons (Fsp3) is 0.333. The molecular formula is C27H25NO11. The van der Waals surface area contributed by atoms with Crippen molar-refractivity contribution in [2.75, 3.05) is 26.9 Å². The summed E-state index contributed by atoms with van der Waals surface area (Å²) < 4.78 is 20.5.